The standard InChI is InChI=1S/C11H14FN3O3.ClH/c1-13-5-6-14(2)11(16)9-7-8(12)3-4-10(9)15(17)18;/h3-4,7,13H,5-6H2,1-2H3;1H. The zero-order valence-electron chi connectivity index (χ0n) is 10.6. The van der Waals surface area contributed by atoms with Crippen LogP contribution >= 0.6 is 12.4 Å². The Morgan fingerprint density at radius 3 is 2.68 bits per heavy atom. The summed E-state index contributed by atoms with van der Waals surface area (Å²) in [4.78, 5) is 23.3. The molecule has 1 aromatic carbocycles. The molecule has 106 valence electrons. The maximum Gasteiger partial charge on any atom is 0.282 e. The number of nitrogens with zero attached hydrogens (tertiary/aromatic N) is 2. The van der Waals surface area contributed by atoms with E-state index in [1.54, 1.807) is 7.05 Å². The summed E-state index contributed by atoms with van der Waals surface area (Å²) in [6.07, 6.45) is 0. The molecule has 1 aromatic rings. The normalized spacial score (nSPS) is 9.63. The number of nitrogens with one attached hydrogen (secondary N) is 1. The first-order valence-electron chi connectivity index (χ1n) is 5.31. The van der Waals surface area contributed by atoms with E-state index < -0.39 is 22.3 Å². The predicted octanol–water partition coefficient (Wildman–Crippen LogP) is 1.45. The number of nitro groups is 1. The molecule has 0 saturated carbocycles. The highest BCUT2D eigenvalue weighted by Gasteiger charge is 2.23. The molecule has 0 fully saturated rings. The van der Waals surface area contributed by atoms with Crippen LogP contribution < -0.4 is 5.32 Å². The molecule has 0 aliphatic rings. The molecule has 0 bridgehead atoms. The van der Waals surface area contributed by atoms with Gasteiger partial charge in [-0.15, -0.1) is 12.4 Å². The van der Waals surface area contributed by atoms with Crippen LogP contribution in [0.4, 0.5) is 10.1 Å². The first-order valence-corrected chi connectivity index (χ1v) is 5.31. The van der Waals surface area contributed by atoms with E-state index in [1.165, 1.54) is 11.9 Å². The summed E-state index contributed by atoms with van der Waals surface area (Å²) in [5.41, 5.74) is -0.628. The number of rotatable bonds is 5. The third kappa shape index (κ3) is 4.46. The minimum atomic E-state index is -0.696. The molecule has 0 aliphatic heterocycles. The summed E-state index contributed by atoms with van der Waals surface area (Å²) in [6.45, 7) is 0.925. The van der Waals surface area contributed by atoms with E-state index in [4.69, 9.17) is 0 Å². The van der Waals surface area contributed by atoms with E-state index in [9.17, 15) is 19.3 Å². The van der Waals surface area contributed by atoms with Crippen molar-refractivity contribution in [1.82, 2.24) is 10.2 Å². The van der Waals surface area contributed by atoms with Gasteiger partial charge in [-0.3, -0.25) is 14.9 Å². The second-order valence-electron chi connectivity index (χ2n) is 3.75. The van der Waals surface area contributed by atoms with Crippen LogP contribution in [0.15, 0.2) is 18.2 Å². The lowest BCUT2D eigenvalue weighted by Gasteiger charge is -2.16. The first kappa shape index (κ1) is 17.3. The van der Waals surface area contributed by atoms with Crippen LogP contribution in [0.25, 0.3) is 0 Å². The molecule has 0 atom stereocenters. The van der Waals surface area contributed by atoms with Crippen molar-refractivity contribution in [2.75, 3.05) is 27.2 Å². The van der Waals surface area contributed by atoms with E-state index in [2.05, 4.69) is 5.32 Å². The highest BCUT2D eigenvalue weighted by Crippen LogP contribution is 2.20. The number of halogens is 2. The van der Waals surface area contributed by atoms with E-state index in [-0.39, 0.29) is 18.0 Å². The van der Waals surface area contributed by atoms with Crippen molar-refractivity contribution >= 4 is 24.0 Å². The molecule has 0 aliphatic carbocycles. The Morgan fingerprint density at radius 1 is 1.53 bits per heavy atom. The van der Waals surface area contributed by atoms with Gasteiger partial charge in [-0.1, -0.05) is 0 Å². The van der Waals surface area contributed by atoms with Crippen LogP contribution in [0.1, 0.15) is 10.4 Å². The van der Waals surface area contributed by atoms with Crippen LogP contribution in [0, 0.1) is 15.9 Å². The second kappa shape index (κ2) is 7.65. The number of hydrogen-bond acceptors (Lipinski definition) is 4. The average molecular weight is 292 g/mol. The van der Waals surface area contributed by atoms with Gasteiger partial charge >= 0.3 is 0 Å². The lowest BCUT2D eigenvalue weighted by Crippen LogP contribution is -2.33. The molecule has 0 radical (unpaired) electrons. The van der Waals surface area contributed by atoms with Gasteiger partial charge in [0.25, 0.3) is 11.6 Å². The molecule has 19 heavy (non-hydrogen) atoms. The molecule has 0 unspecified atom stereocenters. The summed E-state index contributed by atoms with van der Waals surface area (Å²) in [7, 11) is 3.23. The zero-order valence-corrected chi connectivity index (χ0v) is 11.4. The molecule has 6 nitrogen and oxygen atoms in total. The molecule has 0 spiro atoms. The van der Waals surface area contributed by atoms with E-state index in [1.807, 2.05) is 0 Å². The number of carbonyl (C=O) groups is 1. The highest BCUT2D eigenvalue weighted by molar-refractivity contribution is 5.98. The Kier molecular flexibility index (Phi) is 6.95. The Labute approximate surface area is 116 Å². The lowest BCUT2D eigenvalue weighted by molar-refractivity contribution is -0.385. The summed E-state index contributed by atoms with van der Waals surface area (Å²) >= 11 is 0. The largest absolute Gasteiger partial charge is 0.340 e. The van der Waals surface area contributed by atoms with Crippen molar-refractivity contribution in [1.29, 1.82) is 0 Å². The van der Waals surface area contributed by atoms with Crippen molar-refractivity contribution in [2.24, 2.45) is 0 Å². The van der Waals surface area contributed by atoms with Crippen LogP contribution in [-0.4, -0.2) is 42.9 Å². The molecule has 1 rings (SSSR count). The molecule has 8 heteroatoms. The van der Waals surface area contributed by atoms with Crippen molar-refractivity contribution in [3.8, 4) is 0 Å². The maximum atomic E-state index is 13.1. The predicted molar refractivity (Wildman–Crippen MR) is 71.2 cm³/mol. The van der Waals surface area contributed by atoms with Gasteiger partial charge in [0.1, 0.15) is 11.4 Å². The van der Waals surface area contributed by atoms with Gasteiger partial charge in [0.15, 0.2) is 0 Å². The van der Waals surface area contributed by atoms with Gasteiger partial charge in [0.2, 0.25) is 0 Å². The topological polar surface area (TPSA) is 75.5 Å². The molecule has 0 saturated heterocycles. The van der Waals surface area contributed by atoms with E-state index >= 15 is 0 Å². The number of amides is 1. The molecule has 0 heterocycles. The molecule has 0 aromatic heterocycles. The van der Waals surface area contributed by atoms with Gasteiger partial charge < -0.3 is 10.2 Å². The third-order valence-corrected chi connectivity index (χ3v) is 2.43. The number of carbonyl (C=O) groups excluding carboxylic acids is 1. The minimum Gasteiger partial charge on any atom is -0.340 e. The van der Waals surface area contributed by atoms with Gasteiger partial charge in [-0.25, -0.2) is 4.39 Å². The minimum absolute atomic E-state index is 0. The van der Waals surface area contributed by atoms with Crippen LogP contribution in [-0.2, 0) is 0 Å². The van der Waals surface area contributed by atoms with Gasteiger partial charge in [0.05, 0.1) is 4.92 Å². The quantitative estimate of drug-likeness (QED) is 0.658. The molecule has 1 N–H and O–H groups in total. The Balaban J connectivity index is 0.00000324. The Bertz CT molecular complexity index is 470. The van der Waals surface area contributed by atoms with Crippen molar-refractivity contribution in [2.45, 2.75) is 0 Å². The molecular formula is C11H15ClFN3O3. The summed E-state index contributed by atoms with van der Waals surface area (Å²) < 4.78 is 13.1. The van der Waals surface area contributed by atoms with Crippen LogP contribution in [0.2, 0.25) is 0 Å². The number of nitro benzene ring substituents is 1. The fourth-order valence-corrected chi connectivity index (χ4v) is 1.43. The van der Waals surface area contributed by atoms with Crippen molar-refractivity contribution < 1.29 is 14.1 Å². The highest BCUT2D eigenvalue weighted by atomic mass is 35.5. The second-order valence-corrected chi connectivity index (χ2v) is 3.75. The zero-order chi connectivity index (χ0) is 13.7. The number of hydrogen-bond donors (Lipinski definition) is 1. The van der Waals surface area contributed by atoms with Gasteiger partial charge in [-0.05, 0) is 19.2 Å². The molecule has 1 amide bonds. The number of benzene rings is 1. The Morgan fingerprint density at radius 2 is 2.16 bits per heavy atom. The van der Waals surface area contributed by atoms with Crippen molar-refractivity contribution in [3.05, 3.63) is 39.7 Å². The first-order chi connectivity index (χ1) is 8.47. The molecular weight excluding hydrogens is 277 g/mol. The van der Waals surface area contributed by atoms with Crippen LogP contribution in [0.3, 0.4) is 0 Å². The van der Waals surface area contributed by atoms with Gasteiger partial charge in [0, 0.05) is 26.2 Å². The Hall–Kier alpha value is -1.73. The van der Waals surface area contributed by atoms with E-state index in [0.717, 1.165) is 18.2 Å². The number of likely N-dealkylation sites (N-methyl/N-ethyl adjacent to an activating group) is 2. The fraction of sp³-hybridized carbons (Fsp3) is 0.364. The summed E-state index contributed by atoms with van der Waals surface area (Å²) in [6, 6.07) is 2.84. The lowest BCUT2D eigenvalue weighted by atomic mass is 10.1. The monoisotopic (exact) mass is 291 g/mol. The fourth-order valence-electron chi connectivity index (χ4n) is 1.43. The smallest absolute Gasteiger partial charge is 0.282 e. The third-order valence-electron chi connectivity index (χ3n) is 2.43. The average Bonchev–Trinajstić information content (AvgIpc) is 2.34. The van der Waals surface area contributed by atoms with Gasteiger partial charge in [-0.2, -0.15) is 0 Å². The van der Waals surface area contributed by atoms with Crippen molar-refractivity contribution in [3.63, 3.8) is 0 Å². The SMILES string of the molecule is CNCCN(C)C(=O)c1cc(F)ccc1[N+](=O)[O-].Cl. The van der Waals surface area contributed by atoms with Crippen LogP contribution in [0.5, 0.6) is 0 Å². The summed E-state index contributed by atoms with van der Waals surface area (Å²) in [5.74, 6) is -1.25. The van der Waals surface area contributed by atoms with E-state index in [0.29, 0.717) is 13.1 Å². The summed E-state index contributed by atoms with van der Waals surface area (Å²) in [5, 5.41) is 13.6. The maximum absolute atomic E-state index is 13.1.